The van der Waals surface area contributed by atoms with Crippen LogP contribution in [0.5, 0.6) is 0 Å². The summed E-state index contributed by atoms with van der Waals surface area (Å²) in [6.45, 7) is 3.28. The molecular formula is C20H27N3O3. The van der Waals surface area contributed by atoms with Crippen molar-refractivity contribution in [1.29, 1.82) is 0 Å². The van der Waals surface area contributed by atoms with Crippen molar-refractivity contribution in [3.63, 3.8) is 0 Å². The monoisotopic (exact) mass is 357 g/mol. The Morgan fingerprint density at radius 2 is 1.96 bits per heavy atom. The summed E-state index contributed by atoms with van der Waals surface area (Å²) < 4.78 is 7.76. The quantitative estimate of drug-likeness (QED) is 0.822. The highest BCUT2D eigenvalue weighted by Gasteiger charge is 2.55. The van der Waals surface area contributed by atoms with Crippen molar-refractivity contribution in [2.24, 2.45) is 5.41 Å². The predicted molar refractivity (Wildman–Crippen MR) is 98.0 cm³/mol. The zero-order chi connectivity index (χ0) is 18.0. The van der Waals surface area contributed by atoms with Crippen molar-refractivity contribution in [3.8, 4) is 5.69 Å². The lowest BCUT2D eigenvalue weighted by Crippen LogP contribution is -2.62. The molecule has 26 heavy (non-hydrogen) atoms. The largest absolute Gasteiger partial charge is 0.394 e. The van der Waals surface area contributed by atoms with Gasteiger partial charge < -0.3 is 19.5 Å². The minimum Gasteiger partial charge on any atom is -0.394 e. The van der Waals surface area contributed by atoms with E-state index in [-0.39, 0.29) is 24.2 Å². The lowest BCUT2D eigenvalue weighted by Gasteiger charge is -2.56. The van der Waals surface area contributed by atoms with Crippen LogP contribution in [0.3, 0.4) is 0 Å². The highest BCUT2D eigenvalue weighted by molar-refractivity contribution is 5.34. The topological polar surface area (TPSA) is 70.8 Å². The molecule has 2 aromatic rings. The fraction of sp³-hybridized carbons (Fsp3) is 0.550. The molecule has 1 aromatic heterocycles. The molecule has 2 fully saturated rings. The number of aliphatic hydroxyl groups is 2. The van der Waals surface area contributed by atoms with Gasteiger partial charge in [-0.2, -0.15) is 0 Å². The van der Waals surface area contributed by atoms with Gasteiger partial charge in [0.05, 0.1) is 31.7 Å². The van der Waals surface area contributed by atoms with Gasteiger partial charge in [-0.25, -0.2) is 4.98 Å². The first kappa shape index (κ1) is 17.7. The molecule has 2 N–H and O–H groups in total. The van der Waals surface area contributed by atoms with Gasteiger partial charge in [0, 0.05) is 36.5 Å². The van der Waals surface area contributed by atoms with Crippen molar-refractivity contribution in [1.82, 2.24) is 14.5 Å². The number of benzene rings is 1. The summed E-state index contributed by atoms with van der Waals surface area (Å²) in [5.41, 5.74) is 2.31. The van der Waals surface area contributed by atoms with Gasteiger partial charge in [0.2, 0.25) is 0 Å². The molecule has 140 valence electrons. The Labute approximate surface area is 154 Å². The molecule has 2 aliphatic rings. The summed E-state index contributed by atoms with van der Waals surface area (Å²) in [6.07, 6.45) is 7.98. The van der Waals surface area contributed by atoms with Crippen LogP contribution in [0.1, 0.15) is 24.8 Å². The van der Waals surface area contributed by atoms with E-state index >= 15 is 0 Å². The van der Waals surface area contributed by atoms with Crippen molar-refractivity contribution in [2.75, 3.05) is 26.3 Å². The second kappa shape index (κ2) is 7.48. The molecule has 6 heteroatoms. The van der Waals surface area contributed by atoms with E-state index < -0.39 is 0 Å². The van der Waals surface area contributed by atoms with Crippen LogP contribution in [-0.4, -0.2) is 63.2 Å². The molecular weight excluding hydrogens is 330 g/mol. The van der Waals surface area contributed by atoms with Crippen LogP contribution in [0, 0.1) is 5.41 Å². The van der Waals surface area contributed by atoms with Gasteiger partial charge in [0.15, 0.2) is 0 Å². The molecule has 2 heterocycles. The molecule has 1 aliphatic heterocycles. The summed E-state index contributed by atoms with van der Waals surface area (Å²) in [5, 5.41) is 19.3. The zero-order valence-corrected chi connectivity index (χ0v) is 15.0. The molecule has 0 radical (unpaired) electrons. The fourth-order valence-corrected chi connectivity index (χ4v) is 4.38. The first-order valence-corrected chi connectivity index (χ1v) is 9.41. The van der Waals surface area contributed by atoms with E-state index in [9.17, 15) is 5.11 Å². The van der Waals surface area contributed by atoms with Gasteiger partial charge in [-0.15, -0.1) is 0 Å². The van der Waals surface area contributed by atoms with Crippen molar-refractivity contribution in [3.05, 3.63) is 48.5 Å². The van der Waals surface area contributed by atoms with Crippen LogP contribution in [0.25, 0.3) is 5.69 Å². The first-order chi connectivity index (χ1) is 12.7. The van der Waals surface area contributed by atoms with Crippen molar-refractivity contribution in [2.45, 2.75) is 38.0 Å². The SMILES string of the molecule is OCCO[C@H]1C[C@@H](O)C12CCN(Cc1ccc(-n3ccnc3)cc1)CC2. The number of hydrogen-bond donors (Lipinski definition) is 2. The molecule has 0 amide bonds. The van der Waals surface area contributed by atoms with Crippen LogP contribution >= 0.6 is 0 Å². The van der Waals surface area contributed by atoms with E-state index in [4.69, 9.17) is 9.84 Å². The number of rotatable bonds is 6. The summed E-state index contributed by atoms with van der Waals surface area (Å²) in [7, 11) is 0. The lowest BCUT2D eigenvalue weighted by atomic mass is 9.58. The van der Waals surface area contributed by atoms with E-state index in [1.54, 1.807) is 12.5 Å². The molecule has 6 nitrogen and oxygen atoms in total. The van der Waals surface area contributed by atoms with Gasteiger partial charge >= 0.3 is 0 Å². The number of hydrogen-bond acceptors (Lipinski definition) is 5. The third-order valence-electron chi connectivity index (χ3n) is 6.08. The molecule has 1 saturated carbocycles. The van der Waals surface area contributed by atoms with Gasteiger partial charge in [0.25, 0.3) is 0 Å². The maximum Gasteiger partial charge on any atom is 0.0991 e. The average molecular weight is 357 g/mol. The Hall–Kier alpha value is -1.73. The minimum atomic E-state index is -0.261. The first-order valence-electron chi connectivity index (χ1n) is 9.41. The van der Waals surface area contributed by atoms with Crippen LogP contribution in [-0.2, 0) is 11.3 Å². The number of likely N-dealkylation sites (tertiary alicyclic amines) is 1. The fourth-order valence-electron chi connectivity index (χ4n) is 4.38. The van der Waals surface area contributed by atoms with E-state index in [0.29, 0.717) is 13.0 Å². The highest BCUT2D eigenvalue weighted by atomic mass is 16.5. The lowest BCUT2D eigenvalue weighted by molar-refractivity contribution is -0.213. The summed E-state index contributed by atoms with van der Waals surface area (Å²) >= 11 is 0. The molecule has 1 spiro atoms. The van der Waals surface area contributed by atoms with Crippen molar-refractivity contribution < 1.29 is 14.9 Å². The molecule has 0 bridgehead atoms. The van der Waals surface area contributed by atoms with Crippen LogP contribution < -0.4 is 0 Å². The summed E-state index contributed by atoms with van der Waals surface area (Å²) in [4.78, 5) is 6.53. The standard InChI is InChI=1S/C20H27N3O3/c24-11-12-26-19-13-18(25)20(19)5-8-22(9-6-20)14-16-1-3-17(4-2-16)23-10-7-21-15-23/h1-4,7,10,15,18-19,24-25H,5-6,8-9,11-14H2/t18-,19+/m1/s1. The third kappa shape index (κ3) is 3.30. The third-order valence-corrected chi connectivity index (χ3v) is 6.08. The van der Waals surface area contributed by atoms with Crippen LogP contribution in [0.15, 0.2) is 43.0 Å². The number of nitrogens with zero attached hydrogens (tertiary/aromatic N) is 3. The van der Waals surface area contributed by atoms with Crippen molar-refractivity contribution >= 4 is 0 Å². The smallest absolute Gasteiger partial charge is 0.0991 e. The predicted octanol–water partition coefficient (Wildman–Crippen LogP) is 1.60. The Morgan fingerprint density at radius 1 is 1.19 bits per heavy atom. The Balaban J connectivity index is 1.32. The average Bonchev–Trinajstić information content (AvgIpc) is 3.21. The van der Waals surface area contributed by atoms with E-state index in [1.165, 1.54) is 5.56 Å². The molecule has 0 unspecified atom stereocenters. The normalized spacial score (nSPS) is 25.3. The number of aromatic nitrogens is 2. The Kier molecular flexibility index (Phi) is 5.09. The molecule has 1 aliphatic carbocycles. The molecule has 1 saturated heterocycles. The Bertz CT molecular complexity index is 694. The van der Waals surface area contributed by atoms with E-state index in [0.717, 1.165) is 38.2 Å². The number of imidazole rings is 1. The second-order valence-electron chi connectivity index (χ2n) is 7.48. The number of aliphatic hydroxyl groups excluding tert-OH is 2. The molecule has 4 rings (SSSR count). The summed E-state index contributed by atoms with van der Waals surface area (Å²) in [6, 6.07) is 8.59. The van der Waals surface area contributed by atoms with Gasteiger partial charge in [0.1, 0.15) is 0 Å². The van der Waals surface area contributed by atoms with Crippen LogP contribution in [0.2, 0.25) is 0 Å². The van der Waals surface area contributed by atoms with Gasteiger partial charge in [-0.1, -0.05) is 12.1 Å². The number of ether oxygens (including phenoxy) is 1. The van der Waals surface area contributed by atoms with Crippen LogP contribution in [0.4, 0.5) is 0 Å². The Morgan fingerprint density at radius 3 is 2.58 bits per heavy atom. The van der Waals surface area contributed by atoms with E-state index in [2.05, 4.69) is 34.1 Å². The minimum absolute atomic E-state index is 0.0455. The van der Waals surface area contributed by atoms with Gasteiger partial charge in [-0.05, 0) is 43.6 Å². The van der Waals surface area contributed by atoms with E-state index in [1.807, 2.05) is 10.8 Å². The molecule has 2 atom stereocenters. The van der Waals surface area contributed by atoms with Gasteiger partial charge in [-0.3, -0.25) is 4.90 Å². The maximum absolute atomic E-state index is 10.3. The second-order valence-corrected chi connectivity index (χ2v) is 7.48. The summed E-state index contributed by atoms with van der Waals surface area (Å²) in [5.74, 6) is 0. The molecule has 1 aromatic carbocycles. The maximum atomic E-state index is 10.3. The zero-order valence-electron chi connectivity index (χ0n) is 15.0. The highest BCUT2D eigenvalue weighted by Crippen LogP contribution is 2.51. The number of piperidine rings is 1.